The van der Waals surface area contributed by atoms with Crippen LogP contribution in [0.3, 0.4) is 0 Å². The normalized spacial score (nSPS) is 13.4. The van der Waals surface area contributed by atoms with E-state index in [1.54, 1.807) is 18.2 Å². The average molecular weight is 228 g/mol. The number of fused-ring (bicyclic) bond motifs is 1. The third kappa shape index (κ3) is 1.67. The molecule has 1 aromatic carbocycles. The Morgan fingerprint density at radius 1 is 1.18 bits per heavy atom. The number of aliphatic imine (C=N–C) groups is 1. The van der Waals surface area contributed by atoms with Gasteiger partial charge in [0.25, 0.3) is 0 Å². The van der Waals surface area contributed by atoms with Crippen LogP contribution >= 0.6 is 0 Å². The lowest BCUT2D eigenvalue weighted by Crippen LogP contribution is -2.01. The van der Waals surface area contributed by atoms with Gasteiger partial charge in [-0.1, -0.05) is 6.07 Å². The number of benzene rings is 1. The number of phenols is 1. The minimum Gasteiger partial charge on any atom is -0.508 e. The van der Waals surface area contributed by atoms with Gasteiger partial charge < -0.3 is 5.11 Å². The van der Waals surface area contributed by atoms with Gasteiger partial charge in [0.2, 0.25) is 5.95 Å². The van der Waals surface area contributed by atoms with E-state index in [2.05, 4.69) is 9.98 Å². The molecule has 17 heavy (non-hydrogen) atoms. The van der Waals surface area contributed by atoms with Crippen molar-refractivity contribution in [3.8, 4) is 5.75 Å². The fourth-order valence-corrected chi connectivity index (χ4v) is 1.97. The largest absolute Gasteiger partial charge is 0.508 e. The van der Waals surface area contributed by atoms with Gasteiger partial charge in [-0.05, 0) is 23.8 Å². The van der Waals surface area contributed by atoms with Gasteiger partial charge >= 0.3 is 0 Å². The Morgan fingerprint density at radius 2 is 2.06 bits per heavy atom. The highest BCUT2D eigenvalue weighted by atomic mass is 19.1. The van der Waals surface area contributed by atoms with Gasteiger partial charge in [0, 0.05) is 23.4 Å². The van der Waals surface area contributed by atoms with Crippen molar-refractivity contribution in [2.24, 2.45) is 4.99 Å². The predicted molar refractivity (Wildman–Crippen MR) is 61.6 cm³/mol. The third-order valence-corrected chi connectivity index (χ3v) is 2.76. The summed E-state index contributed by atoms with van der Waals surface area (Å²) in [4.78, 5) is 7.88. The van der Waals surface area contributed by atoms with Crippen molar-refractivity contribution in [3.63, 3.8) is 0 Å². The van der Waals surface area contributed by atoms with E-state index in [4.69, 9.17) is 0 Å². The Kier molecular flexibility index (Phi) is 2.14. The summed E-state index contributed by atoms with van der Waals surface area (Å²) in [6, 6.07) is 8.17. The monoisotopic (exact) mass is 228 g/mol. The van der Waals surface area contributed by atoms with Crippen molar-refractivity contribution >= 4 is 5.71 Å². The molecule has 2 heterocycles. The molecule has 3 nitrogen and oxygen atoms in total. The maximum Gasteiger partial charge on any atom is 0.213 e. The Hall–Kier alpha value is -2.23. The number of pyridine rings is 1. The molecule has 0 atom stereocenters. The highest BCUT2D eigenvalue weighted by Crippen LogP contribution is 2.26. The number of hydrogen-bond donors (Lipinski definition) is 1. The molecule has 2 aromatic rings. The summed E-state index contributed by atoms with van der Waals surface area (Å²) in [5.74, 6) is -0.341. The molecule has 4 heteroatoms. The zero-order valence-corrected chi connectivity index (χ0v) is 8.89. The van der Waals surface area contributed by atoms with Crippen molar-refractivity contribution in [1.29, 1.82) is 0 Å². The van der Waals surface area contributed by atoms with Crippen LogP contribution in [-0.2, 0) is 6.54 Å². The van der Waals surface area contributed by atoms with Crippen LogP contribution in [0, 0.1) is 5.95 Å². The molecular weight excluding hydrogens is 219 g/mol. The number of phenolic OH excluding ortho intramolecular Hbond substituents is 1. The average Bonchev–Trinajstić information content (AvgIpc) is 2.71. The third-order valence-electron chi connectivity index (χ3n) is 2.76. The second-order valence-corrected chi connectivity index (χ2v) is 3.87. The van der Waals surface area contributed by atoms with Gasteiger partial charge in [-0.25, -0.2) is 4.98 Å². The fourth-order valence-electron chi connectivity index (χ4n) is 1.97. The van der Waals surface area contributed by atoms with Crippen LogP contribution in [0.1, 0.15) is 16.7 Å². The topological polar surface area (TPSA) is 45.5 Å². The first-order valence-corrected chi connectivity index (χ1v) is 5.23. The number of nitrogens with zero attached hydrogens (tertiary/aromatic N) is 2. The van der Waals surface area contributed by atoms with Crippen molar-refractivity contribution < 1.29 is 9.50 Å². The first-order chi connectivity index (χ1) is 8.24. The number of hydrogen-bond acceptors (Lipinski definition) is 3. The van der Waals surface area contributed by atoms with Crippen molar-refractivity contribution in [1.82, 2.24) is 4.98 Å². The number of aromatic hydroxyl groups is 1. The standard InChI is InChI=1S/C13H9FN2O/c14-12-5-8(3-4-15-12)13-11-6-10(17)2-1-9(11)7-16-13/h1-6,17H,7H2. The maximum atomic E-state index is 13.1. The summed E-state index contributed by atoms with van der Waals surface area (Å²) in [6.07, 6.45) is 1.41. The molecule has 1 aromatic heterocycles. The van der Waals surface area contributed by atoms with Crippen LogP contribution in [0.15, 0.2) is 41.5 Å². The lowest BCUT2D eigenvalue weighted by atomic mass is 10.0. The van der Waals surface area contributed by atoms with Crippen LogP contribution in [0.4, 0.5) is 4.39 Å². The molecule has 1 N–H and O–H groups in total. The summed E-state index contributed by atoms with van der Waals surface area (Å²) in [6.45, 7) is 0.564. The quantitative estimate of drug-likeness (QED) is 0.761. The van der Waals surface area contributed by atoms with E-state index in [0.29, 0.717) is 17.8 Å². The Labute approximate surface area is 97.3 Å². The summed E-state index contributed by atoms with van der Waals surface area (Å²) >= 11 is 0. The minimum atomic E-state index is -0.529. The molecule has 1 aliphatic rings. The molecule has 0 unspecified atom stereocenters. The summed E-state index contributed by atoms with van der Waals surface area (Å²) in [7, 11) is 0. The molecule has 0 saturated heterocycles. The fraction of sp³-hybridized carbons (Fsp3) is 0.0769. The van der Waals surface area contributed by atoms with Gasteiger partial charge in [-0.15, -0.1) is 0 Å². The molecule has 0 spiro atoms. The summed E-state index contributed by atoms with van der Waals surface area (Å²) in [5.41, 5.74) is 3.28. The maximum absolute atomic E-state index is 13.1. The molecule has 0 saturated carbocycles. The van der Waals surface area contributed by atoms with E-state index in [9.17, 15) is 9.50 Å². The number of halogens is 1. The molecular formula is C13H9FN2O. The van der Waals surface area contributed by atoms with E-state index in [1.807, 2.05) is 6.07 Å². The molecule has 0 bridgehead atoms. The van der Waals surface area contributed by atoms with E-state index >= 15 is 0 Å². The van der Waals surface area contributed by atoms with Crippen LogP contribution in [0.25, 0.3) is 0 Å². The van der Waals surface area contributed by atoms with Crippen molar-refractivity contribution in [2.75, 3.05) is 0 Å². The van der Waals surface area contributed by atoms with Gasteiger partial charge in [-0.3, -0.25) is 4.99 Å². The molecule has 0 aliphatic carbocycles. The molecule has 3 rings (SSSR count). The van der Waals surface area contributed by atoms with E-state index in [-0.39, 0.29) is 5.75 Å². The predicted octanol–water partition coefficient (Wildman–Crippen LogP) is 2.28. The molecule has 84 valence electrons. The minimum absolute atomic E-state index is 0.188. The second-order valence-electron chi connectivity index (χ2n) is 3.87. The SMILES string of the molecule is Oc1ccc2c(c1)C(c1ccnc(F)c1)=NC2. The van der Waals surface area contributed by atoms with Gasteiger partial charge in [0.1, 0.15) is 5.75 Å². The van der Waals surface area contributed by atoms with Crippen LogP contribution in [0.5, 0.6) is 5.75 Å². The summed E-state index contributed by atoms with van der Waals surface area (Å²) < 4.78 is 13.1. The van der Waals surface area contributed by atoms with E-state index in [0.717, 1.165) is 11.1 Å². The van der Waals surface area contributed by atoms with Crippen LogP contribution in [-0.4, -0.2) is 15.8 Å². The van der Waals surface area contributed by atoms with E-state index in [1.165, 1.54) is 12.3 Å². The second kappa shape index (κ2) is 3.66. The molecule has 0 fully saturated rings. The van der Waals surface area contributed by atoms with Gasteiger partial charge in [0.15, 0.2) is 0 Å². The summed E-state index contributed by atoms with van der Waals surface area (Å²) in [5, 5.41) is 9.47. The van der Waals surface area contributed by atoms with Crippen molar-refractivity contribution in [3.05, 3.63) is 59.2 Å². The number of aromatic nitrogens is 1. The Bertz CT molecular complexity index is 623. The zero-order valence-electron chi connectivity index (χ0n) is 8.89. The highest BCUT2D eigenvalue weighted by Gasteiger charge is 2.18. The van der Waals surface area contributed by atoms with Crippen molar-refractivity contribution in [2.45, 2.75) is 6.54 Å². The molecule has 0 amide bonds. The Morgan fingerprint density at radius 3 is 2.88 bits per heavy atom. The van der Waals surface area contributed by atoms with Crippen LogP contribution in [0.2, 0.25) is 0 Å². The van der Waals surface area contributed by atoms with Crippen LogP contribution < -0.4 is 0 Å². The van der Waals surface area contributed by atoms with Gasteiger partial charge in [0.05, 0.1) is 12.3 Å². The number of rotatable bonds is 1. The molecule has 1 aliphatic heterocycles. The Balaban J connectivity index is 2.12. The smallest absolute Gasteiger partial charge is 0.213 e. The highest BCUT2D eigenvalue weighted by molar-refractivity contribution is 6.15. The molecule has 0 radical (unpaired) electrons. The first-order valence-electron chi connectivity index (χ1n) is 5.23. The van der Waals surface area contributed by atoms with Gasteiger partial charge in [-0.2, -0.15) is 4.39 Å². The van der Waals surface area contributed by atoms with E-state index < -0.39 is 5.95 Å². The first kappa shape index (κ1) is 9.96. The zero-order chi connectivity index (χ0) is 11.8. The lowest BCUT2D eigenvalue weighted by Gasteiger charge is -2.04. The lowest BCUT2D eigenvalue weighted by molar-refractivity contribution is 0.475.